The molecular formula is C15H29N. The molecule has 2 fully saturated rings. The maximum absolute atomic E-state index is 2.80. The topological polar surface area (TPSA) is 3.24 Å². The lowest BCUT2D eigenvalue weighted by Gasteiger charge is -2.37. The highest BCUT2D eigenvalue weighted by atomic mass is 15.2. The molecule has 0 aromatic carbocycles. The predicted molar refractivity (Wildman–Crippen MR) is 70.6 cm³/mol. The van der Waals surface area contributed by atoms with Crippen LogP contribution in [-0.2, 0) is 0 Å². The Morgan fingerprint density at radius 2 is 1.62 bits per heavy atom. The highest BCUT2D eigenvalue weighted by Gasteiger charge is 2.34. The van der Waals surface area contributed by atoms with Gasteiger partial charge in [0.15, 0.2) is 0 Å². The van der Waals surface area contributed by atoms with Gasteiger partial charge < -0.3 is 0 Å². The highest BCUT2D eigenvalue weighted by molar-refractivity contribution is 4.89. The molecule has 1 atom stereocenters. The standard InChI is InChI=1S/C15H29N/c1-15(2,3)14-10-7-11-16(14)12-13-8-5-4-6-9-13/h13-14H,4-12H2,1-3H3. The van der Waals surface area contributed by atoms with Gasteiger partial charge in [0.05, 0.1) is 0 Å². The molecule has 2 aliphatic rings. The van der Waals surface area contributed by atoms with Crippen LogP contribution >= 0.6 is 0 Å². The Labute approximate surface area is 102 Å². The van der Waals surface area contributed by atoms with E-state index in [-0.39, 0.29) is 0 Å². The Balaban J connectivity index is 1.88. The van der Waals surface area contributed by atoms with Crippen LogP contribution in [0.4, 0.5) is 0 Å². The van der Waals surface area contributed by atoms with Crippen LogP contribution in [0, 0.1) is 11.3 Å². The third-order valence-electron chi connectivity index (χ3n) is 4.58. The summed E-state index contributed by atoms with van der Waals surface area (Å²) in [6.45, 7) is 9.99. The second kappa shape index (κ2) is 5.08. The number of hydrogen-bond acceptors (Lipinski definition) is 1. The van der Waals surface area contributed by atoms with Crippen LogP contribution in [0.15, 0.2) is 0 Å². The van der Waals surface area contributed by atoms with Gasteiger partial charge in [-0.05, 0) is 43.6 Å². The molecule has 1 saturated heterocycles. The van der Waals surface area contributed by atoms with Crippen molar-refractivity contribution >= 4 is 0 Å². The van der Waals surface area contributed by atoms with Crippen molar-refractivity contribution in [2.45, 2.75) is 71.8 Å². The lowest BCUT2D eigenvalue weighted by molar-refractivity contribution is 0.112. The molecule has 1 heteroatoms. The largest absolute Gasteiger partial charge is 0.300 e. The van der Waals surface area contributed by atoms with E-state index in [4.69, 9.17) is 0 Å². The normalized spacial score (nSPS) is 29.8. The summed E-state index contributed by atoms with van der Waals surface area (Å²) >= 11 is 0. The zero-order valence-electron chi connectivity index (χ0n) is 11.5. The summed E-state index contributed by atoms with van der Waals surface area (Å²) in [6.07, 6.45) is 10.3. The van der Waals surface area contributed by atoms with E-state index in [9.17, 15) is 0 Å². The van der Waals surface area contributed by atoms with Gasteiger partial charge in [0, 0.05) is 12.6 Å². The van der Waals surface area contributed by atoms with Crippen molar-refractivity contribution in [2.75, 3.05) is 13.1 Å². The predicted octanol–water partition coefficient (Wildman–Crippen LogP) is 4.08. The molecule has 0 radical (unpaired) electrons. The summed E-state index contributed by atoms with van der Waals surface area (Å²) in [4.78, 5) is 2.80. The first-order chi connectivity index (χ1) is 7.57. The van der Waals surface area contributed by atoms with Crippen LogP contribution in [0.2, 0.25) is 0 Å². The van der Waals surface area contributed by atoms with Crippen LogP contribution in [0.25, 0.3) is 0 Å². The first-order valence-electron chi connectivity index (χ1n) is 7.31. The molecule has 0 amide bonds. The minimum atomic E-state index is 0.477. The van der Waals surface area contributed by atoms with Crippen molar-refractivity contribution < 1.29 is 0 Å². The van der Waals surface area contributed by atoms with Crippen LogP contribution in [-0.4, -0.2) is 24.0 Å². The molecule has 1 heterocycles. The molecule has 1 saturated carbocycles. The first kappa shape index (κ1) is 12.4. The zero-order chi connectivity index (χ0) is 11.6. The van der Waals surface area contributed by atoms with Crippen LogP contribution < -0.4 is 0 Å². The quantitative estimate of drug-likeness (QED) is 0.682. The lowest BCUT2D eigenvalue weighted by Crippen LogP contribution is -2.42. The Morgan fingerprint density at radius 1 is 0.938 bits per heavy atom. The fraction of sp³-hybridized carbons (Fsp3) is 1.00. The Bertz CT molecular complexity index is 210. The number of hydrogen-bond donors (Lipinski definition) is 0. The van der Waals surface area contributed by atoms with E-state index in [1.807, 2.05) is 0 Å². The third kappa shape index (κ3) is 3.00. The summed E-state index contributed by atoms with van der Waals surface area (Å²) in [6, 6.07) is 0.842. The number of nitrogens with zero attached hydrogens (tertiary/aromatic N) is 1. The average Bonchev–Trinajstić information content (AvgIpc) is 2.67. The molecule has 1 aliphatic carbocycles. The molecule has 0 spiro atoms. The summed E-state index contributed by atoms with van der Waals surface area (Å²) < 4.78 is 0. The minimum Gasteiger partial charge on any atom is -0.300 e. The molecule has 0 bridgehead atoms. The smallest absolute Gasteiger partial charge is 0.0144 e. The summed E-state index contributed by atoms with van der Waals surface area (Å²) in [5.74, 6) is 1.01. The van der Waals surface area contributed by atoms with Crippen molar-refractivity contribution in [3.8, 4) is 0 Å². The van der Waals surface area contributed by atoms with Crippen molar-refractivity contribution in [2.24, 2.45) is 11.3 Å². The maximum Gasteiger partial charge on any atom is 0.0144 e. The summed E-state index contributed by atoms with van der Waals surface area (Å²) in [7, 11) is 0. The molecule has 1 aliphatic heterocycles. The van der Waals surface area contributed by atoms with Crippen LogP contribution in [0.3, 0.4) is 0 Å². The zero-order valence-corrected chi connectivity index (χ0v) is 11.5. The van der Waals surface area contributed by atoms with Gasteiger partial charge in [-0.25, -0.2) is 0 Å². The second-order valence-electron chi connectivity index (χ2n) is 7.02. The van der Waals surface area contributed by atoms with Gasteiger partial charge in [0.1, 0.15) is 0 Å². The minimum absolute atomic E-state index is 0.477. The van der Waals surface area contributed by atoms with E-state index in [1.165, 1.54) is 58.0 Å². The maximum atomic E-state index is 2.80. The fourth-order valence-corrected chi connectivity index (χ4v) is 3.73. The summed E-state index contributed by atoms with van der Waals surface area (Å²) in [5.41, 5.74) is 0.477. The van der Waals surface area contributed by atoms with Crippen molar-refractivity contribution in [3.05, 3.63) is 0 Å². The van der Waals surface area contributed by atoms with Gasteiger partial charge in [-0.1, -0.05) is 40.0 Å². The molecule has 94 valence electrons. The Kier molecular flexibility index (Phi) is 3.94. The van der Waals surface area contributed by atoms with Crippen molar-refractivity contribution in [1.82, 2.24) is 4.90 Å². The SMILES string of the molecule is CC(C)(C)C1CCCN1CC1CCCCC1. The van der Waals surface area contributed by atoms with E-state index < -0.39 is 0 Å². The van der Waals surface area contributed by atoms with Gasteiger partial charge in [0.25, 0.3) is 0 Å². The Hall–Kier alpha value is -0.0400. The van der Waals surface area contributed by atoms with E-state index >= 15 is 0 Å². The van der Waals surface area contributed by atoms with Gasteiger partial charge >= 0.3 is 0 Å². The average molecular weight is 223 g/mol. The van der Waals surface area contributed by atoms with Crippen molar-refractivity contribution in [1.29, 1.82) is 0 Å². The van der Waals surface area contributed by atoms with Crippen molar-refractivity contribution in [3.63, 3.8) is 0 Å². The molecule has 0 aromatic rings. The van der Waals surface area contributed by atoms with E-state index in [1.54, 1.807) is 0 Å². The van der Waals surface area contributed by atoms with E-state index in [0.29, 0.717) is 5.41 Å². The van der Waals surface area contributed by atoms with Gasteiger partial charge in [-0.15, -0.1) is 0 Å². The molecule has 1 unspecified atom stereocenters. The van der Waals surface area contributed by atoms with E-state index in [0.717, 1.165) is 12.0 Å². The number of rotatable bonds is 2. The number of likely N-dealkylation sites (tertiary alicyclic amines) is 1. The third-order valence-corrected chi connectivity index (χ3v) is 4.58. The monoisotopic (exact) mass is 223 g/mol. The van der Waals surface area contributed by atoms with Gasteiger partial charge in [-0.2, -0.15) is 0 Å². The van der Waals surface area contributed by atoms with Gasteiger partial charge in [-0.3, -0.25) is 4.90 Å². The van der Waals surface area contributed by atoms with Gasteiger partial charge in [0.2, 0.25) is 0 Å². The molecular weight excluding hydrogens is 194 g/mol. The Morgan fingerprint density at radius 3 is 2.25 bits per heavy atom. The summed E-state index contributed by atoms with van der Waals surface area (Å²) in [5, 5.41) is 0. The van der Waals surface area contributed by atoms with Crippen LogP contribution in [0.1, 0.15) is 65.7 Å². The first-order valence-corrected chi connectivity index (χ1v) is 7.31. The van der Waals surface area contributed by atoms with Crippen LogP contribution in [0.5, 0.6) is 0 Å². The lowest BCUT2D eigenvalue weighted by atomic mass is 9.84. The second-order valence-corrected chi connectivity index (χ2v) is 7.02. The molecule has 1 nitrogen and oxygen atoms in total. The fourth-order valence-electron chi connectivity index (χ4n) is 3.73. The molecule has 0 aromatic heterocycles. The highest BCUT2D eigenvalue weighted by Crippen LogP contribution is 2.34. The molecule has 2 rings (SSSR count). The van der Waals surface area contributed by atoms with E-state index in [2.05, 4.69) is 25.7 Å². The molecule has 16 heavy (non-hydrogen) atoms. The molecule has 0 N–H and O–H groups in total.